The fourth-order valence-corrected chi connectivity index (χ4v) is 1.07. The van der Waals surface area contributed by atoms with Gasteiger partial charge in [-0.3, -0.25) is 0 Å². The molecule has 0 aliphatic carbocycles. The number of pyridine rings is 1. The van der Waals surface area contributed by atoms with Crippen LogP contribution in [0.15, 0.2) is 18.2 Å². The molecule has 0 radical (unpaired) electrons. The van der Waals surface area contributed by atoms with E-state index in [1.54, 1.807) is 6.07 Å². The molecule has 0 saturated carbocycles. The molecule has 0 saturated heterocycles. The molecule has 72 valence electrons. The van der Waals surface area contributed by atoms with Crippen molar-refractivity contribution in [1.82, 2.24) is 4.98 Å². The quantitative estimate of drug-likeness (QED) is 0.585. The molecule has 1 aromatic heterocycles. The third kappa shape index (κ3) is 4.10. The van der Waals surface area contributed by atoms with Crippen LogP contribution in [0.3, 0.4) is 0 Å². The molecule has 1 rings (SSSR count). The Morgan fingerprint density at radius 3 is 3.08 bits per heavy atom. The van der Waals surface area contributed by atoms with Crippen LogP contribution in [0.5, 0.6) is 0 Å². The Kier molecular flexibility index (Phi) is 4.57. The second-order valence-electron chi connectivity index (χ2n) is 2.47. The van der Waals surface area contributed by atoms with Gasteiger partial charge in [0.05, 0.1) is 6.61 Å². The van der Waals surface area contributed by atoms with E-state index in [1.165, 1.54) is 0 Å². The van der Waals surface area contributed by atoms with Gasteiger partial charge < -0.3 is 10.1 Å². The van der Waals surface area contributed by atoms with Gasteiger partial charge in [0.25, 0.3) is 0 Å². The lowest BCUT2D eigenvalue weighted by Gasteiger charge is -2.04. The van der Waals surface area contributed by atoms with E-state index in [1.807, 2.05) is 19.1 Å². The number of nitrogens with one attached hydrogen (secondary N) is 1. The predicted molar refractivity (Wildman–Crippen MR) is 54.2 cm³/mol. The Bertz CT molecular complexity index is 255. The normalized spacial score (nSPS) is 10.0. The molecule has 0 aromatic carbocycles. The summed E-state index contributed by atoms with van der Waals surface area (Å²) in [5, 5.41) is 3.60. The summed E-state index contributed by atoms with van der Waals surface area (Å²) >= 11 is 5.70. The van der Waals surface area contributed by atoms with Crippen molar-refractivity contribution in [3.05, 3.63) is 23.4 Å². The van der Waals surface area contributed by atoms with Crippen molar-refractivity contribution in [2.45, 2.75) is 6.92 Å². The number of hydrogen-bond acceptors (Lipinski definition) is 3. The monoisotopic (exact) mass is 200 g/mol. The fraction of sp³-hybridized carbons (Fsp3) is 0.444. The smallest absolute Gasteiger partial charge is 0.131 e. The first kappa shape index (κ1) is 10.3. The van der Waals surface area contributed by atoms with Gasteiger partial charge in [0.15, 0.2) is 0 Å². The van der Waals surface area contributed by atoms with Gasteiger partial charge >= 0.3 is 0 Å². The second-order valence-corrected chi connectivity index (χ2v) is 2.86. The molecule has 13 heavy (non-hydrogen) atoms. The number of anilines is 1. The molecule has 1 aromatic rings. The molecule has 0 atom stereocenters. The number of rotatable bonds is 5. The molecule has 0 spiro atoms. The zero-order valence-electron chi connectivity index (χ0n) is 7.59. The largest absolute Gasteiger partial charge is 0.380 e. The van der Waals surface area contributed by atoms with Crippen LogP contribution >= 0.6 is 11.6 Å². The molecule has 0 aliphatic rings. The van der Waals surface area contributed by atoms with E-state index in [-0.39, 0.29) is 0 Å². The van der Waals surface area contributed by atoms with E-state index >= 15 is 0 Å². The molecule has 4 heteroatoms. The summed E-state index contributed by atoms with van der Waals surface area (Å²) in [6.45, 7) is 4.15. The molecule has 1 heterocycles. The van der Waals surface area contributed by atoms with E-state index in [0.717, 1.165) is 19.0 Å². The van der Waals surface area contributed by atoms with Gasteiger partial charge in [-0.15, -0.1) is 0 Å². The van der Waals surface area contributed by atoms with Gasteiger partial charge in [-0.1, -0.05) is 17.7 Å². The summed E-state index contributed by atoms with van der Waals surface area (Å²) in [4.78, 5) is 4.07. The lowest BCUT2D eigenvalue weighted by atomic mass is 10.4. The standard InChI is InChI=1S/C9H13ClN2O/c1-2-13-7-6-11-9-5-3-4-8(10)12-9/h3-5H,2,6-7H2,1H3,(H,11,12). The number of halogens is 1. The first-order valence-corrected chi connectivity index (χ1v) is 4.65. The molecule has 0 aliphatic heterocycles. The van der Waals surface area contributed by atoms with Crippen LogP contribution in [0, 0.1) is 0 Å². The number of hydrogen-bond donors (Lipinski definition) is 1. The van der Waals surface area contributed by atoms with Gasteiger partial charge in [-0.2, -0.15) is 0 Å². The van der Waals surface area contributed by atoms with Crippen molar-refractivity contribution in [1.29, 1.82) is 0 Å². The lowest BCUT2D eigenvalue weighted by molar-refractivity contribution is 0.158. The minimum atomic E-state index is 0.501. The third-order valence-corrected chi connectivity index (χ3v) is 1.68. The van der Waals surface area contributed by atoms with Crippen molar-refractivity contribution in [2.24, 2.45) is 0 Å². The first-order valence-electron chi connectivity index (χ1n) is 4.27. The van der Waals surface area contributed by atoms with Crippen LogP contribution in [0.25, 0.3) is 0 Å². The molecule has 0 bridgehead atoms. The van der Waals surface area contributed by atoms with Gasteiger partial charge in [0.2, 0.25) is 0 Å². The van der Waals surface area contributed by atoms with Gasteiger partial charge in [0.1, 0.15) is 11.0 Å². The van der Waals surface area contributed by atoms with Gasteiger partial charge in [0, 0.05) is 13.2 Å². The van der Waals surface area contributed by atoms with E-state index in [9.17, 15) is 0 Å². The average molecular weight is 201 g/mol. The van der Waals surface area contributed by atoms with Crippen LogP contribution in [0.1, 0.15) is 6.92 Å². The third-order valence-electron chi connectivity index (χ3n) is 1.47. The van der Waals surface area contributed by atoms with Gasteiger partial charge in [-0.05, 0) is 19.1 Å². The zero-order valence-corrected chi connectivity index (χ0v) is 8.34. The Morgan fingerprint density at radius 1 is 1.54 bits per heavy atom. The van der Waals surface area contributed by atoms with Crippen LogP contribution in [0.4, 0.5) is 5.82 Å². The van der Waals surface area contributed by atoms with Crippen molar-refractivity contribution >= 4 is 17.4 Å². The summed E-state index contributed by atoms with van der Waals surface area (Å²) in [5.74, 6) is 0.784. The summed E-state index contributed by atoms with van der Waals surface area (Å²) in [7, 11) is 0. The summed E-state index contributed by atoms with van der Waals surface area (Å²) in [6.07, 6.45) is 0. The van der Waals surface area contributed by atoms with Crippen molar-refractivity contribution in [2.75, 3.05) is 25.1 Å². The second kappa shape index (κ2) is 5.78. The highest BCUT2D eigenvalue weighted by atomic mass is 35.5. The summed E-state index contributed by atoms with van der Waals surface area (Å²) in [6, 6.07) is 5.48. The molecule has 0 fully saturated rings. The maximum absolute atomic E-state index is 5.70. The molecule has 1 N–H and O–H groups in total. The fourth-order valence-electron chi connectivity index (χ4n) is 0.902. The molecular formula is C9H13ClN2O. The van der Waals surface area contributed by atoms with E-state index in [2.05, 4.69) is 10.3 Å². The minimum Gasteiger partial charge on any atom is -0.380 e. The Morgan fingerprint density at radius 2 is 2.38 bits per heavy atom. The first-order chi connectivity index (χ1) is 6.33. The highest BCUT2D eigenvalue weighted by Crippen LogP contribution is 2.08. The van der Waals surface area contributed by atoms with E-state index in [4.69, 9.17) is 16.3 Å². The molecule has 3 nitrogen and oxygen atoms in total. The van der Waals surface area contributed by atoms with E-state index < -0.39 is 0 Å². The average Bonchev–Trinajstić information content (AvgIpc) is 2.13. The number of aromatic nitrogens is 1. The molecular weight excluding hydrogens is 188 g/mol. The lowest BCUT2D eigenvalue weighted by Crippen LogP contribution is -2.09. The maximum Gasteiger partial charge on any atom is 0.131 e. The van der Waals surface area contributed by atoms with Crippen molar-refractivity contribution in [3.8, 4) is 0 Å². The van der Waals surface area contributed by atoms with Crippen molar-refractivity contribution in [3.63, 3.8) is 0 Å². The highest BCUT2D eigenvalue weighted by molar-refractivity contribution is 6.29. The molecule has 0 amide bonds. The zero-order chi connectivity index (χ0) is 9.52. The maximum atomic E-state index is 5.70. The summed E-state index contributed by atoms with van der Waals surface area (Å²) < 4.78 is 5.16. The van der Waals surface area contributed by atoms with Crippen LogP contribution in [0.2, 0.25) is 5.15 Å². The van der Waals surface area contributed by atoms with E-state index in [0.29, 0.717) is 11.8 Å². The topological polar surface area (TPSA) is 34.1 Å². The molecule has 0 unspecified atom stereocenters. The van der Waals surface area contributed by atoms with Crippen LogP contribution < -0.4 is 5.32 Å². The Labute approximate surface area is 83.1 Å². The van der Waals surface area contributed by atoms with Crippen LogP contribution in [-0.2, 0) is 4.74 Å². The summed E-state index contributed by atoms with van der Waals surface area (Å²) in [5.41, 5.74) is 0. The SMILES string of the molecule is CCOCCNc1cccc(Cl)n1. The van der Waals surface area contributed by atoms with Crippen molar-refractivity contribution < 1.29 is 4.74 Å². The predicted octanol–water partition coefficient (Wildman–Crippen LogP) is 2.18. The number of nitrogens with zero attached hydrogens (tertiary/aromatic N) is 1. The van der Waals surface area contributed by atoms with Gasteiger partial charge in [-0.25, -0.2) is 4.98 Å². The minimum absolute atomic E-state index is 0.501. The van der Waals surface area contributed by atoms with Crippen LogP contribution in [-0.4, -0.2) is 24.7 Å². The Balaban J connectivity index is 2.28. The Hall–Kier alpha value is -0.800. The number of ether oxygens (including phenoxy) is 1. The highest BCUT2D eigenvalue weighted by Gasteiger charge is 1.93.